The zero-order valence-corrected chi connectivity index (χ0v) is 56.0. The van der Waals surface area contributed by atoms with Crippen LogP contribution in [0.3, 0.4) is 0 Å². The van der Waals surface area contributed by atoms with Gasteiger partial charge in [-0.25, -0.2) is 27.5 Å². The van der Waals surface area contributed by atoms with E-state index in [1.165, 1.54) is 48.5 Å². The molecule has 0 saturated heterocycles. The van der Waals surface area contributed by atoms with Crippen LogP contribution in [0, 0.1) is 85.5 Å². The van der Waals surface area contributed by atoms with E-state index in [4.69, 9.17) is 48.4 Å². The molecule has 4 fully saturated rings. The zero-order chi connectivity index (χ0) is 63.4. The monoisotopic (exact) mass is 1520 g/mol. The van der Waals surface area contributed by atoms with E-state index in [0.717, 1.165) is 95.9 Å². The fourth-order valence-electron chi connectivity index (χ4n) is 11.0. The minimum atomic E-state index is -0.363. The third kappa shape index (κ3) is 13.9. The van der Waals surface area contributed by atoms with E-state index in [1.54, 1.807) is 72.8 Å². The van der Waals surface area contributed by atoms with Crippen molar-refractivity contribution in [2.45, 2.75) is 90.9 Å². The molecule has 6 aliphatic rings. The average molecular weight is 1520 g/mol. The van der Waals surface area contributed by atoms with Crippen molar-refractivity contribution >= 4 is 71.1 Å². The molecule has 4 aliphatic carbocycles. The second-order valence-electron chi connectivity index (χ2n) is 23.2. The fourth-order valence-corrected chi connectivity index (χ4v) is 13.1. The molecule has 8 aromatic rings. The van der Waals surface area contributed by atoms with E-state index in [0.29, 0.717) is 117 Å². The van der Waals surface area contributed by atoms with E-state index in [1.807, 2.05) is 33.8 Å². The van der Waals surface area contributed by atoms with Gasteiger partial charge < -0.3 is 38.4 Å². The topological polar surface area (TPSA) is 156 Å². The Kier molecular flexibility index (Phi) is 18.6. The predicted octanol–water partition coefficient (Wildman–Crippen LogP) is 19.6. The standard InChI is InChI=1S/C36H26Br2F2N3O3.C36H27BrF2N3O3.Pd/c1-18-15-20(17-41)16-19(2)33(18)46-34(31-27(21-3-4-21)29(37)35(42-31)44-25-11-7-23(39)8-12-25)32-28(22-5-6-22)30(38)36(43-32)45-26-13-9-24(40)10-14-26;1-19-15-21(18-40)16-20(2)34(19)45-35(32-28(22-3-4-22)17-29(41-32)43-26-11-7-24(38)8-12-26)33-30(23-5-6-23)31(37)36(42-33)44-27-13-9-25(39)10-14-27;/h7-16,21-22H,3-6H2,1-2H3;7-17,22-23H,3-6H2,1-2H3;/q2*-1;+2/b34-31+;35-32+;. The van der Waals surface area contributed by atoms with Gasteiger partial charge >= 0.3 is 20.4 Å². The van der Waals surface area contributed by atoms with Crippen molar-refractivity contribution in [1.82, 2.24) is 9.97 Å². The third-order valence-electron chi connectivity index (χ3n) is 16.0. The molecule has 0 N–H and O–H groups in total. The number of rotatable bonds is 16. The number of halogens is 7. The zero-order valence-electron chi connectivity index (χ0n) is 49.7. The summed E-state index contributed by atoms with van der Waals surface area (Å²) in [5.41, 5.74) is 10.4. The second-order valence-corrected chi connectivity index (χ2v) is 25.5. The Morgan fingerprint density at radius 3 is 1.21 bits per heavy atom. The van der Waals surface area contributed by atoms with Crippen molar-refractivity contribution in [3.8, 4) is 58.4 Å². The van der Waals surface area contributed by atoms with Gasteiger partial charge in [-0.1, -0.05) is 11.4 Å². The molecule has 6 aromatic carbocycles. The number of aryl methyl sites for hydroxylation is 4. The van der Waals surface area contributed by atoms with E-state index >= 15 is 0 Å². The van der Waals surface area contributed by atoms with Crippen LogP contribution in [-0.4, -0.2) is 11.8 Å². The predicted molar refractivity (Wildman–Crippen MR) is 347 cm³/mol. The number of hydrogen-bond acceptors (Lipinski definition) is 10. The van der Waals surface area contributed by atoms with Crippen molar-refractivity contribution in [1.29, 1.82) is 10.5 Å². The molecule has 0 spiro atoms. The van der Waals surface area contributed by atoms with Crippen LogP contribution in [-0.2, 0) is 20.4 Å². The van der Waals surface area contributed by atoms with Crippen molar-refractivity contribution in [3.05, 3.63) is 243 Å². The van der Waals surface area contributed by atoms with Gasteiger partial charge in [0.25, 0.3) is 0 Å². The maximum Gasteiger partial charge on any atom is 2.00 e. The Morgan fingerprint density at radius 1 is 0.478 bits per heavy atom. The molecule has 0 amide bonds. The normalized spacial score (nSPS) is 16.9. The van der Waals surface area contributed by atoms with Crippen LogP contribution in [0.5, 0.6) is 46.3 Å². The van der Waals surface area contributed by atoms with Gasteiger partial charge in [-0.3, -0.25) is 0 Å². The molecule has 0 unspecified atom stereocenters. The first-order chi connectivity index (χ1) is 44.0. The molecule has 0 radical (unpaired) electrons. The first kappa shape index (κ1) is 63.9. The number of hydrogen-bond donors (Lipinski definition) is 0. The van der Waals surface area contributed by atoms with Crippen molar-refractivity contribution in [2.24, 2.45) is 21.8 Å². The number of nitriles is 2. The number of allylic oxidation sites excluding steroid dienone is 2. The van der Waals surface area contributed by atoms with Gasteiger partial charge in [0, 0.05) is 32.4 Å². The van der Waals surface area contributed by atoms with Crippen LogP contribution in [0.1, 0.15) is 119 Å². The van der Waals surface area contributed by atoms with Crippen LogP contribution in [0.2, 0.25) is 0 Å². The molecule has 0 bridgehead atoms. The summed E-state index contributed by atoms with van der Waals surface area (Å²) in [5.74, 6) is 4.79. The molecule has 92 heavy (non-hydrogen) atoms. The van der Waals surface area contributed by atoms with Crippen molar-refractivity contribution in [2.75, 3.05) is 0 Å². The maximum atomic E-state index is 13.6. The molecule has 4 saturated carbocycles. The summed E-state index contributed by atoms with van der Waals surface area (Å²) in [7, 11) is 0. The maximum absolute atomic E-state index is 13.6. The van der Waals surface area contributed by atoms with Crippen LogP contribution in [0.4, 0.5) is 17.6 Å². The molecule has 14 rings (SSSR count). The second kappa shape index (κ2) is 26.8. The summed E-state index contributed by atoms with van der Waals surface area (Å²) in [6.45, 7) is 7.62. The van der Waals surface area contributed by atoms with Gasteiger partial charge in [-0.05, 0) is 311 Å². The molecule has 466 valence electrons. The van der Waals surface area contributed by atoms with Crippen LogP contribution < -0.4 is 38.4 Å². The first-order valence-electron chi connectivity index (χ1n) is 29.6. The molecular weight excluding hydrogens is 1470 g/mol. The molecule has 20 heteroatoms. The smallest absolute Gasteiger partial charge is 0.623 e. The Labute approximate surface area is 567 Å². The van der Waals surface area contributed by atoms with Crippen molar-refractivity contribution in [3.63, 3.8) is 0 Å². The van der Waals surface area contributed by atoms with Gasteiger partial charge in [-0.2, -0.15) is 10.5 Å². The van der Waals surface area contributed by atoms with Gasteiger partial charge in [0.15, 0.2) is 0 Å². The van der Waals surface area contributed by atoms with Crippen LogP contribution in [0.25, 0.3) is 11.5 Å². The van der Waals surface area contributed by atoms with Gasteiger partial charge in [-0.15, -0.1) is 0 Å². The van der Waals surface area contributed by atoms with E-state index in [9.17, 15) is 28.1 Å². The SMILES string of the molecule is Cc1cc(C#N)cc(C)c1O/C(=C1/N=C(Oc2ccc(F)cc2)C(Br)=C1C1CC1)c1[n-]c(Oc2ccc(F)cc2)c(Br)c1C1CC1.Cc1cc(C#N)cc(C)c1O/C(=C1/N=C(Oc2ccc(F)cc2)C=C1C1CC1)c1[n-]c(Oc2ccc(F)cc2)c(Br)c1C1CC1.[Pd+2]. The number of nitrogens with zero attached hydrogens (tertiary/aromatic N) is 6. The van der Waals surface area contributed by atoms with Gasteiger partial charge in [0.1, 0.15) is 80.7 Å². The minimum Gasteiger partial charge on any atom is -0.623 e. The number of aliphatic imine (C=N–C) groups is 2. The molecule has 4 heterocycles. The largest absolute Gasteiger partial charge is 2.00 e. The first-order valence-corrected chi connectivity index (χ1v) is 32.0. The minimum absolute atomic E-state index is 0. The number of benzene rings is 6. The van der Waals surface area contributed by atoms with E-state index < -0.39 is 0 Å². The summed E-state index contributed by atoms with van der Waals surface area (Å²) in [4.78, 5) is 19.9. The summed E-state index contributed by atoms with van der Waals surface area (Å²) in [6.07, 6.45) is 9.79. The van der Waals surface area contributed by atoms with Crippen molar-refractivity contribution < 1.29 is 66.4 Å². The summed E-state index contributed by atoms with van der Waals surface area (Å²) in [5, 5.41) is 19.1. The number of ether oxygens (including phenoxy) is 6. The summed E-state index contributed by atoms with van der Waals surface area (Å²) >= 11 is 11.3. The Morgan fingerprint density at radius 2 is 0.837 bits per heavy atom. The Balaban J connectivity index is 0.000000176. The summed E-state index contributed by atoms with van der Waals surface area (Å²) in [6, 6.07) is 34.7. The van der Waals surface area contributed by atoms with Gasteiger partial charge in [0.05, 0.1) is 27.7 Å². The molecule has 2 aromatic heterocycles. The molecule has 12 nitrogen and oxygen atoms in total. The molecule has 0 atom stereocenters. The molecule has 2 aliphatic heterocycles. The fraction of sp³-hybridized carbons (Fsp3) is 0.222. The quantitative estimate of drug-likeness (QED) is 0.0518. The van der Waals surface area contributed by atoms with Gasteiger partial charge in [0.2, 0.25) is 11.8 Å². The molecular formula is C72H53Br3F4N6O6Pd. The Bertz CT molecular complexity index is 4480. The van der Waals surface area contributed by atoms with Crippen LogP contribution >= 0.6 is 47.8 Å². The number of aromatic nitrogens is 2. The third-order valence-corrected chi connectivity index (χ3v) is 18.3. The summed E-state index contributed by atoms with van der Waals surface area (Å²) < 4.78 is 94.9. The van der Waals surface area contributed by atoms with E-state index in [2.05, 4.69) is 59.9 Å². The van der Waals surface area contributed by atoms with E-state index in [-0.39, 0.29) is 67.4 Å². The van der Waals surface area contributed by atoms with Crippen LogP contribution in [0.15, 0.2) is 173 Å². The Hall–Kier alpha value is -8.22. The average Bonchev–Trinajstić information content (AvgIpc) is 1.61.